The first-order valence-corrected chi connectivity index (χ1v) is 10.7. The van der Waals surface area contributed by atoms with Gasteiger partial charge in [-0.25, -0.2) is 4.79 Å². The van der Waals surface area contributed by atoms with E-state index in [9.17, 15) is 15.0 Å². The quantitative estimate of drug-likeness (QED) is 0.633. The summed E-state index contributed by atoms with van der Waals surface area (Å²) in [4.78, 5) is 16.5. The summed E-state index contributed by atoms with van der Waals surface area (Å²) in [6, 6.07) is 4.68. The van der Waals surface area contributed by atoms with Gasteiger partial charge in [0.2, 0.25) is 5.88 Å². The number of methoxy groups -OCH3 is 1. The number of aliphatic imine (C=N–C) groups is 1. The summed E-state index contributed by atoms with van der Waals surface area (Å²) in [6.07, 6.45) is 5.77. The van der Waals surface area contributed by atoms with Crippen LogP contribution in [0.4, 0.5) is 5.69 Å². The minimum Gasteiger partial charge on any atom is -0.497 e. The standard InChI is InChI=1S/C18H18N2O4S3/c1-24-11-3-4-13-12(8-11)10(9-19-13)7-15-16(21)20(18(25)27-15)14(17(22)23)5-6-26-2/h3-4,7-9,14,21H,5-6H2,1-2H3,(H,22,23)/b10-7-. The lowest BCUT2D eigenvalue weighted by Gasteiger charge is -2.14. The van der Waals surface area contributed by atoms with Crippen LogP contribution in [0.3, 0.4) is 0 Å². The average molecular weight is 423 g/mol. The molecule has 9 heteroatoms. The van der Waals surface area contributed by atoms with E-state index in [4.69, 9.17) is 17.0 Å². The summed E-state index contributed by atoms with van der Waals surface area (Å²) in [5.41, 5.74) is 2.50. The molecule has 1 aliphatic heterocycles. The number of thioether (sulfide) groups is 1. The lowest BCUT2D eigenvalue weighted by atomic mass is 10.1. The number of aromatic hydroxyl groups is 1. The molecule has 27 heavy (non-hydrogen) atoms. The first-order valence-electron chi connectivity index (χ1n) is 8.06. The minimum atomic E-state index is -1.01. The Bertz CT molecular complexity index is 991. The van der Waals surface area contributed by atoms with Crippen molar-refractivity contribution in [3.05, 3.63) is 32.6 Å². The van der Waals surface area contributed by atoms with Crippen molar-refractivity contribution < 1.29 is 19.7 Å². The van der Waals surface area contributed by atoms with E-state index in [1.165, 1.54) is 15.9 Å². The third-order valence-corrected chi connectivity index (χ3v) is 6.16. The van der Waals surface area contributed by atoms with Gasteiger partial charge in [0, 0.05) is 17.4 Å². The van der Waals surface area contributed by atoms with Crippen molar-refractivity contribution in [2.45, 2.75) is 12.5 Å². The number of rotatable bonds is 7. The number of hydrogen-bond acceptors (Lipinski definition) is 7. The number of aliphatic carboxylic acids is 1. The number of carboxylic acid groups (broad SMARTS) is 1. The van der Waals surface area contributed by atoms with Gasteiger partial charge in [-0.1, -0.05) is 0 Å². The van der Waals surface area contributed by atoms with Crippen molar-refractivity contribution in [2.24, 2.45) is 4.99 Å². The molecular formula is C18H18N2O4S3. The maximum Gasteiger partial charge on any atom is 0.326 e. The van der Waals surface area contributed by atoms with E-state index in [1.807, 2.05) is 24.5 Å². The van der Waals surface area contributed by atoms with Crippen molar-refractivity contribution in [3.8, 4) is 11.6 Å². The molecule has 2 heterocycles. The third kappa shape index (κ3) is 3.95. The fraction of sp³-hybridized carbons (Fsp3) is 0.278. The Morgan fingerprint density at radius 3 is 2.96 bits per heavy atom. The first kappa shape index (κ1) is 19.7. The Kier molecular flexibility index (Phi) is 6.03. The van der Waals surface area contributed by atoms with Gasteiger partial charge in [-0.3, -0.25) is 9.56 Å². The molecule has 3 rings (SSSR count). The van der Waals surface area contributed by atoms with Gasteiger partial charge in [-0.05, 0) is 54.9 Å². The highest BCUT2D eigenvalue weighted by Gasteiger charge is 2.25. The van der Waals surface area contributed by atoms with Gasteiger partial charge in [-0.2, -0.15) is 11.8 Å². The Morgan fingerprint density at radius 2 is 2.30 bits per heavy atom. The van der Waals surface area contributed by atoms with Gasteiger partial charge in [0.25, 0.3) is 0 Å². The van der Waals surface area contributed by atoms with Gasteiger partial charge in [0.05, 0.1) is 17.7 Å². The summed E-state index contributed by atoms with van der Waals surface area (Å²) >= 11 is 8.07. The van der Waals surface area contributed by atoms with Crippen molar-refractivity contribution in [1.29, 1.82) is 0 Å². The van der Waals surface area contributed by atoms with Crippen molar-refractivity contribution >= 4 is 64.8 Å². The number of allylic oxidation sites excluding steroid dienone is 1. The number of thiazole rings is 1. The summed E-state index contributed by atoms with van der Waals surface area (Å²) < 4.78 is 6.91. The van der Waals surface area contributed by atoms with Gasteiger partial charge in [0.15, 0.2) is 3.95 Å². The van der Waals surface area contributed by atoms with Gasteiger partial charge in [0.1, 0.15) is 11.8 Å². The zero-order valence-corrected chi connectivity index (χ0v) is 17.2. The second-order valence-corrected chi connectivity index (χ2v) is 8.46. The number of fused-ring (bicyclic) bond motifs is 1. The molecule has 0 radical (unpaired) electrons. The van der Waals surface area contributed by atoms with E-state index in [0.717, 1.165) is 16.8 Å². The SMILES string of the molecule is COc1ccc2c(c1)/C(=C\c1sc(=S)n(C(CCSC)C(=O)O)c1O)C=N2. The molecule has 2 N–H and O–H groups in total. The van der Waals surface area contributed by atoms with Crippen LogP contribution in [-0.4, -0.2) is 46.1 Å². The monoisotopic (exact) mass is 422 g/mol. The fourth-order valence-electron chi connectivity index (χ4n) is 2.81. The lowest BCUT2D eigenvalue weighted by molar-refractivity contribution is -0.141. The summed E-state index contributed by atoms with van der Waals surface area (Å²) in [5.74, 6) is 0.230. The number of hydrogen-bond donors (Lipinski definition) is 2. The second kappa shape index (κ2) is 8.28. The Morgan fingerprint density at radius 1 is 1.52 bits per heavy atom. The van der Waals surface area contributed by atoms with E-state index in [1.54, 1.807) is 31.2 Å². The number of benzene rings is 1. The molecule has 1 unspecified atom stereocenters. The van der Waals surface area contributed by atoms with Gasteiger partial charge in [-0.15, -0.1) is 11.3 Å². The Hall–Kier alpha value is -2.10. The van der Waals surface area contributed by atoms with Gasteiger partial charge < -0.3 is 14.9 Å². The Labute approximate surface area is 169 Å². The maximum absolute atomic E-state index is 11.7. The van der Waals surface area contributed by atoms with Crippen LogP contribution >= 0.6 is 35.3 Å². The predicted octanol–water partition coefficient (Wildman–Crippen LogP) is 4.63. The molecule has 0 saturated heterocycles. The zero-order valence-electron chi connectivity index (χ0n) is 14.7. The van der Waals surface area contributed by atoms with Crippen LogP contribution in [0, 0.1) is 3.95 Å². The summed E-state index contributed by atoms with van der Waals surface area (Å²) in [5, 5.41) is 20.2. The maximum atomic E-state index is 11.7. The molecule has 0 bridgehead atoms. The zero-order chi connectivity index (χ0) is 19.6. The molecule has 1 aliphatic rings. The number of aromatic nitrogens is 1. The normalized spacial score (nSPS) is 15.1. The van der Waals surface area contributed by atoms with E-state index < -0.39 is 12.0 Å². The largest absolute Gasteiger partial charge is 0.497 e. The van der Waals surface area contributed by atoms with Crippen LogP contribution in [0.2, 0.25) is 0 Å². The summed E-state index contributed by atoms with van der Waals surface area (Å²) in [6.45, 7) is 0. The highest BCUT2D eigenvalue weighted by atomic mass is 32.2. The highest BCUT2D eigenvalue weighted by molar-refractivity contribution is 7.98. The van der Waals surface area contributed by atoms with Crippen LogP contribution in [0.25, 0.3) is 11.6 Å². The highest BCUT2D eigenvalue weighted by Crippen LogP contribution is 2.39. The van der Waals surface area contributed by atoms with Crippen molar-refractivity contribution in [3.63, 3.8) is 0 Å². The molecule has 142 valence electrons. The van der Waals surface area contributed by atoms with Crippen LogP contribution in [0.1, 0.15) is 22.9 Å². The summed E-state index contributed by atoms with van der Waals surface area (Å²) in [7, 11) is 1.60. The van der Waals surface area contributed by atoms with E-state index in [2.05, 4.69) is 4.99 Å². The molecule has 1 aromatic heterocycles. The molecule has 0 saturated carbocycles. The lowest BCUT2D eigenvalue weighted by Crippen LogP contribution is -2.19. The van der Waals surface area contributed by atoms with Crippen LogP contribution in [0.5, 0.6) is 11.6 Å². The first-order chi connectivity index (χ1) is 13.0. The molecule has 0 aliphatic carbocycles. The van der Waals surface area contributed by atoms with E-state index >= 15 is 0 Å². The number of carboxylic acids is 1. The third-order valence-electron chi connectivity index (χ3n) is 4.18. The average Bonchev–Trinajstić information content (AvgIpc) is 3.17. The molecule has 1 aromatic carbocycles. The number of ether oxygens (including phenoxy) is 1. The smallest absolute Gasteiger partial charge is 0.326 e. The van der Waals surface area contributed by atoms with Crippen LogP contribution in [-0.2, 0) is 4.79 Å². The van der Waals surface area contributed by atoms with Crippen LogP contribution < -0.4 is 4.74 Å². The second-order valence-electron chi connectivity index (χ2n) is 5.80. The number of nitrogens with zero attached hydrogens (tertiary/aromatic N) is 2. The van der Waals surface area contributed by atoms with Crippen molar-refractivity contribution in [1.82, 2.24) is 4.57 Å². The molecule has 0 amide bonds. The number of carbonyl (C=O) groups is 1. The van der Waals surface area contributed by atoms with Crippen molar-refractivity contribution in [2.75, 3.05) is 19.1 Å². The minimum absolute atomic E-state index is 0.129. The molecule has 0 fully saturated rings. The molecule has 2 aromatic rings. The topological polar surface area (TPSA) is 84.0 Å². The van der Waals surface area contributed by atoms with E-state index in [-0.39, 0.29) is 5.88 Å². The predicted molar refractivity (Wildman–Crippen MR) is 113 cm³/mol. The molecule has 1 atom stereocenters. The molecular weight excluding hydrogens is 404 g/mol. The van der Waals surface area contributed by atoms with Gasteiger partial charge >= 0.3 is 5.97 Å². The molecule has 0 spiro atoms. The van der Waals surface area contributed by atoms with E-state index in [0.29, 0.717) is 26.8 Å². The molecule has 6 nitrogen and oxygen atoms in total. The Balaban J connectivity index is 2.02. The van der Waals surface area contributed by atoms with Crippen LogP contribution in [0.15, 0.2) is 23.2 Å². The fourth-order valence-corrected chi connectivity index (χ4v) is 4.62.